The zero-order valence-electron chi connectivity index (χ0n) is 17.1. The van der Waals surface area contributed by atoms with Gasteiger partial charge >= 0.3 is 0 Å². The van der Waals surface area contributed by atoms with Gasteiger partial charge in [-0.15, -0.1) is 0 Å². The molecule has 0 aliphatic carbocycles. The number of anilines is 3. The maximum atomic E-state index is 12.8. The van der Waals surface area contributed by atoms with E-state index in [9.17, 15) is 9.59 Å². The van der Waals surface area contributed by atoms with Crippen LogP contribution in [0.15, 0.2) is 42.6 Å². The second-order valence-electron chi connectivity index (χ2n) is 7.11. The van der Waals surface area contributed by atoms with Crippen molar-refractivity contribution in [3.63, 3.8) is 0 Å². The van der Waals surface area contributed by atoms with Crippen LogP contribution in [0.2, 0.25) is 0 Å². The standard InChI is InChI=1S/C21H27N5O3/c1-24(2)18-7-4-16(5-8-18)21(28)26-12-10-25(11-13-26)19-9-6-17(14-22-19)23-20(27)15-29-3/h4-9,14H,10-13,15H2,1-3H3,(H,23,27). The maximum absolute atomic E-state index is 12.8. The second-order valence-corrected chi connectivity index (χ2v) is 7.11. The van der Waals surface area contributed by atoms with E-state index in [4.69, 9.17) is 4.74 Å². The topological polar surface area (TPSA) is 78.0 Å². The van der Waals surface area contributed by atoms with E-state index >= 15 is 0 Å². The van der Waals surface area contributed by atoms with Crippen LogP contribution in [0.3, 0.4) is 0 Å². The number of carbonyl (C=O) groups is 2. The molecule has 1 aromatic carbocycles. The molecule has 0 spiro atoms. The van der Waals surface area contributed by atoms with Crippen LogP contribution in [-0.4, -0.2) is 75.7 Å². The van der Waals surface area contributed by atoms with Crippen molar-refractivity contribution >= 4 is 29.0 Å². The molecular weight excluding hydrogens is 370 g/mol. The highest BCUT2D eigenvalue weighted by Gasteiger charge is 2.23. The number of hydrogen-bond donors (Lipinski definition) is 1. The number of aromatic nitrogens is 1. The van der Waals surface area contributed by atoms with Crippen molar-refractivity contribution in [1.29, 1.82) is 0 Å². The van der Waals surface area contributed by atoms with Crippen LogP contribution < -0.4 is 15.1 Å². The molecular formula is C21H27N5O3. The van der Waals surface area contributed by atoms with E-state index in [1.807, 2.05) is 60.3 Å². The first-order valence-electron chi connectivity index (χ1n) is 9.54. The van der Waals surface area contributed by atoms with Gasteiger partial charge in [0.05, 0.1) is 11.9 Å². The summed E-state index contributed by atoms with van der Waals surface area (Å²) in [4.78, 5) is 34.8. The van der Waals surface area contributed by atoms with Crippen LogP contribution in [0.25, 0.3) is 0 Å². The molecule has 0 unspecified atom stereocenters. The van der Waals surface area contributed by atoms with E-state index in [0.29, 0.717) is 37.4 Å². The number of benzene rings is 1. The van der Waals surface area contributed by atoms with Gasteiger partial charge in [-0.1, -0.05) is 0 Å². The third kappa shape index (κ3) is 5.23. The Morgan fingerprint density at radius 1 is 1.07 bits per heavy atom. The number of carbonyl (C=O) groups excluding carboxylic acids is 2. The van der Waals surface area contributed by atoms with Gasteiger partial charge < -0.3 is 24.8 Å². The van der Waals surface area contributed by atoms with Crippen LogP contribution >= 0.6 is 0 Å². The lowest BCUT2D eigenvalue weighted by atomic mass is 10.1. The molecule has 2 aromatic rings. The molecule has 0 saturated carbocycles. The fraction of sp³-hybridized carbons (Fsp3) is 0.381. The lowest BCUT2D eigenvalue weighted by Gasteiger charge is -2.35. The molecule has 3 rings (SSSR count). The Morgan fingerprint density at radius 2 is 1.76 bits per heavy atom. The van der Waals surface area contributed by atoms with Crippen LogP contribution in [0.1, 0.15) is 10.4 Å². The number of ether oxygens (including phenoxy) is 1. The average molecular weight is 397 g/mol. The number of piperazine rings is 1. The number of amides is 2. The molecule has 1 aliphatic rings. The Hall–Kier alpha value is -3.13. The molecule has 154 valence electrons. The first-order chi connectivity index (χ1) is 14.0. The first kappa shape index (κ1) is 20.6. The molecule has 1 N–H and O–H groups in total. The lowest BCUT2D eigenvalue weighted by Crippen LogP contribution is -2.49. The molecule has 0 radical (unpaired) electrons. The zero-order valence-corrected chi connectivity index (χ0v) is 17.1. The molecule has 29 heavy (non-hydrogen) atoms. The number of pyridine rings is 1. The van der Waals surface area contributed by atoms with E-state index in [0.717, 1.165) is 11.5 Å². The van der Waals surface area contributed by atoms with E-state index in [2.05, 4.69) is 15.2 Å². The Bertz CT molecular complexity index is 828. The van der Waals surface area contributed by atoms with Gasteiger partial charge in [-0.05, 0) is 36.4 Å². The summed E-state index contributed by atoms with van der Waals surface area (Å²) in [6.45, 7) is 2.72. The van der Waals surface area contributed by atoms with Crippen LogP contribution in [0.5, 0.6) is 0 Å². The summed E-state index contributed by atoms with van der Waals surface area (Å²) in [5.74, 6) is 0.670. The van der Waals surface area contributed by atoms with Crippen molar-refractivity contribution < 1.29 is 14.3 Å². The monoisotopic (exact) mass is 397 g/mol. The predicted molar refractivity (Wildman–Crippen MR) is 114 cm³/mol. The van der Waals surface area contributed by atoms with Crippen molar-refractivity contribution in [3.8, 4) is 0 Å². The van der Waals surface area contributed by atoms with Gasteiger partial charge in [0.25, 0.3) is 5.91 Å². The van der Waals surface area contributed by atoms with Crippen LogP contribution in [-0.2, 0) is 9.53 Å². The molecule has 2 amide bonds. The van der Waals surface area contributed by atoms with Gasteiger partial charge in [0, 0.05) is 58.6 Å². The smallest absolute Gasteiger partial charge is 0.253 e. The second kappa shape index (κ2) is 9.38. The molecule has 1 aliphatic heterocycles. The summed E-state index contributed by atoms with van der Waals surface area (Å²) in [7, 11) is 5.43. The molecule has 2 heterocycles. The van der Waals surface area contributed by atoms with Crippen molar-refractivity contribution in [2.24, 2.45) is 0 Å². The van der Waals surface area contributed by atoms with Gasteiger partial charge in [0.1, 0.15) is 12.4 Å². The minimum atomic E-state index is -0.215. The average Bonchev–Trinajstić information content (AvgIpc) is 2.74. The molecule has 1 fully saturated rings. The van der Waals surface area contributed by atoms with Crippen molar-refractivity contribution in [3.05, 3.63) is 48.2 Å². The van der Waals surface area contributed by atoms with E-state index in [1.165, 1.54) is 7.11 Å². The fourth-order valence-corrected chi connectivity index (χ4v) is 3.20. The summed E-state index contributed by atoms with van der Waals surface area (Å²) in [6, 6.07) is 11.4. The third-order valence-electron chi connectivity index (χ3n) is 4.83. The Morgan fingerprint density at radius 3 is 2.31 bits per heavy atom. The molecule has 8 heteroatoms. The maximum Gasteiger partial charge on any atom is 0.253 e. The number of nitrogens with zero attached hydrogens (tertiary/aromatic N) is 4. The van der Waals surface area contributed by atoms with Gasteiger partial charge in [0.15, 0.2) is 0 Å². The number of methoxy groups -OCH3 is 1. The van der Waals surface area contributed by atoms with Gasteiger partial charge in [-0.25, -0.2) is 4.98 Å². The molecule has 1 aromatic heterocycles. The normalized spacial score (nSPS) is 13.9. The highest BCUT2D eigenvalue weighted by molar-refractivity contribution is 5.94. The molecule has 8 nitrogen and oxygen atoms in total. The van der Waals surface area contributed by atoms with Crippen molar-refractivity contribution in [1.82, 2.24) is 9.88 Å². The summed E-state index contributed by atoms with van der Waals surface area (Å²) in [5.41, 5.74) is 2.41. The summed E-state index contributed by atoms with van der Waals surface area (Å²) < 4.78 is 4.80. The highest BCUT2D eigenvalue weighted by Crippen LogP contribution is 2.18. The minimum Gasteiger partial charge on any atom is -0.378 e. The number of hydrogen-bond acceptors (Lipinski definition) is 6. The third-order valence-corrected chi connectivity index (χ3v) is 4.83. The fourth-order valence-electron chi connectivity index (χ4n) is 3.20. The summed E-state index contributed by atoms with van der Waals surface area (Å²) >= 11 is 0. The number of rotatable bonds is 6. The Kier molecular flexibility index (Phi) is 6.66. The first-order valence-corrected chi connectivity index (χ1v) is 9.54. The van der Waals surface area contributed by atoms with Gasteiger partial charge in [-0.2, -0.15) is 0 Å². The van der Waals surface area contributed by atoms with Crippen molar-refractivity contribution in [2.75, 3.05) is 69.1 Å². The molecule has 0 atom stereocenters. The SMILES string of the molecule is COCC(=O)Nc1ccc(N2CCN(C(=O)c3ccc(N(C)C)cc3)CC2)nc1. The molecule has 1 saturated heterocycles. The van der Waals surface area contributed by atoms with Gasteiger partial charge in [-0.3, -0.25) is 9.59 Å². The van der Waals surface area contributed by atoms with E-state index in [1.54, 1.807) is 6.20 Å². The van der Waals surface area contributed by atoms with Gasteiger partial charge in [0.2, 0.25) is 5.91 Å². The zero-order chi connectivity index (χ0) is 20.8. The lowest BCUT2D eigenvalue weighted by molar-refractivity contribution is -0.119. The largest absolute Gasteiger partial charge is 0.378 e. The van der Waals surface area contributed by atoms with Crippen LogP contribution in [0, 0.1) is 0 Å². The predicted octanol–water partition coefficient (Wildman–Crippen LogP) is 1.69. The minimum absolute atomic E-state index is 0.00954. The highest BCUT2D eigenvalue weighted by atomic mass is 16.5. The Balaban J connectivity index is 1.54. The van der Waals surface area contributed by atoms with Crippen molar-refractivity contribution in [2.45, 2.75) is 0 Å². The van der Waals surface area contributed by atoms with E-state index < -0.39 is 0 Å². The molecule has 0 bridgehead atoms. The Labute approximate surface area is 171 Å². The summed E-state index contributed by atoms with van der Waals surface area (Å²) in [5, 5.41) is 2.72. The summed E-state index contributed by atoms with van der Waals surface area (Å²) in [6.07, 6.45) is 1.63. The van der Waals surface area contributed by atoms with Crippen LogP contribution in [0.4, 0.5) is 17.2 Å². The number of nitrogens with one attached hydrogen (secondary N) is 1. The quantitative estimate of drug-likeness (QED) is 0.799. The van der Waals surface area contributed by atoms with E-state index in [-0.39, 0.29) is 18.4 Å².